The van der Waals surface area contributed by atoms with E-state index in [2.05, 4.69) is 51.4 Å². The Bertz CT molecular complexity index is 1380. The summed E-state index contributed by atoms with van der Waals surface area (Å²) in [6.07, 6.45) is 5.66. The third-order valence-corrected chi connectivity index (χ3v) is 7.58. The summed E-state index contributed by atoms with van der Waals surface area (Å²) < 4.78 is 0. The quantitative estimate of drug-likeness (QED) is 0.272. The predicted octanol–water partition coefficient (Wildman–Crippen LogP) is 4.73. The molecule has 0 atom stereocenters. The van der Waals surface area contributed by atoms with Crippen molar-refractivity contribution in [1.82, 2.24) is 15.3 Å². The van der Waals surface area contributed by atoms with Crippen LogP contribution in [0.5, 0.6) is 5.75 Å². The van der Waals surface area contributed by atoms with E-state index in [0.29, 0.717) is 30.3 Å². The maximum atomic E-state index is 12.7. The SMILES string of the molecule is CCCCC(=O)c1ccccc1Cc1ccc(N2CCC(Cc3nc(C)c(O)c(C(=O)NCC(=O)O)n3)CC2)cc1. The van der Waals surface area contributed by atoms with Gasteiger partial charge < -0.3 is 20.4 Å². The molecule has 1 amide bonds. The van der Waals surface area contributed by atoms with Crippen molar-refractivity contribution in [1.29, 1.82) is 0 Å². The minimum Gasteiger partial charge on any atom is -0.504 e. The number of unbranched alkanes of at least 4 members (excludes halogenated alkanes) is 1. The van der Waals surface area contributed by atoms with Crippen LogP contribution < -0.4 is 10.2 Å². The number of carbonyl (C=O) groups excluding carboxylic acids is 2. The summed E-state index contributed by atoms with van der Waals surface area (Å²) in [5.74, 6) is -1.23. The molecule has 1 aliphatic heterocycles. The first-order chi connectivity index (χ1) is 19.7. The Morgan fingerprint density at radius 3 is 2.41 bits per heavy atom. The van der Waals surface area contributed by atoms with Gasteiger partial charge in [0, 0.05) is 37.2 Å². The van der Waals surface area contributed by atoms with Crippen LogP contribution in [-0.2, 0) is 17.6 Å². The lowest BCUT2D eigenvalue weighted by Crippen LogP contribution is -2.34. The fourth-order valence-electron chi connectivity index (χ4n) is 5.23. The molecule has 1 aliphatic rings. The number of Topliss-reactive ketones (excluding diaryl/α,β-unsaturated/α-hetero) is 1. The molecule has 3 aromatic rings. The van der Waals surface area contributed by atoms with Gasteiger partial charge in [0.1, 0.15) is 12.4 Å². The van der Waals surface area contributed by atoms with E-state index < -0.39 is 18.4 Å². The zero-order valence-electron chi connectivity index (χ0n) is 23.7. The smallest absolute Gasteiger partial charge is 0.322 e. The van der Waals surface area contributed by atoms with Gasteiger partial charge in [-0.05, 0) is 61.8 Å². The van der Waals surface area contributed by atoms with Gasteiger partial charge in [0.15, 0.2) is 17.2 Å². The number of aromatic hydroxyl groups is 1. The Morgan fingerprint density at radius 1 is 1.02 bits per heavy atom. The number of anilines is 1. The Kier molecular flexibility index (Phi) is 10.1. The molecular weight excluding hydrogens is 520 g/mol. The summed E-state index contributed by atoms with van der Waals surface area (Å²) in [5, 5.41) is 21.3. The molecule has 1 saturated heterocycles. The van der Waals surface area contributed by atoms with Gasteiger partial charge in [-0.1, -0.05) is 49.7 Å². The number of benzene rings is 2. The van der Waals surface area contributed by atoms with E-state index in [1.54, 1.807) is 6.92 Å². The molecule has 0 radical (unpaired) electrons. The minimum absolute atomic E-state index is 0.195. The molecule has 1 fully saturated rings. The summed E-state index contributed by atoms with van der Waals surface area (Å²) in [6, 6.07) is 16.5. The number of aromatic nitrogens is 2. The molecule has 216 valence electrons. The number of hydrogen-bond acceptors (Lipinski definition) is 7. The normalized spacial score (nSPS) is 13.7. The minimum atomic E-state index is -1.18. The van der Waals surface area contributed by atoms with Crippen LogP contribution in [-0.4, -0.2) is 57.5 Å². The van der Waals surface area contributed by atoms with Crippen LogP contribution >= 0.6 is 0 Å². The summed E-state index contributed by atoms with van der Waals surface area (Å²) in [7, 11) is 0. The van der Waals surface area contributed by atoms with Crippen molar-refractivity contribution in [2.24, 2.45) is 5.92 Å². The van der Waals surface area contributed by atoms with Crippen molar-refractivity contribution >= 4 is 23.3 Å². The van der Waals surface area contributed by atoms with Gasteiger partial charge in [-0.15, -0.1) is 0 Å². The molecule has 41 heavy (non-hydrogen) atoms. The molecule has 3 N–H and O–H groups in total. The largest absolute Gasteiger partial charge is 0.504 e. The highest BCUT2D eigenvalue weighted by Gasteiger charge is 2.24. The zero-order chi connectivity index (χ0) is 29.4. The first kappa shape index (κ1) is 29.7. The lowest BCUT2D eigenvalue weighted by Gasteiger charge is -2.33. The number of nitrogens with zero attached hydrogens (tertiary/aromatic N) is 3. The first-order valence-corrected chi connectivity index (χ1v) is 14.3. The molecule has 2 aromatic carbocycles. The predicted molar refractivity (Wildman–Crippen MR) is 157 cm³/mol. The van der Waals surface area contributed by atoms with E-state index in [9.17, 15) is 19.5 Å². The van der Waals surface area contributed by atoms with Crippen molar-refractivity contribution < 1.29 is 24.6 Å². The average Bonchev–Trinajstić information content (AvgIpc) is 2.97. The van der Waals surface area contributed by atoms with Gasteiger partial charge in [0.05, 0.1) is 5.69 Å². The van der Waals surface area contributed by atoms with E-state index >= 15 is 0 Å². The Balaban J connectivity index is 1.34. The Labute approximate surface area is 240 Å². The van der Waals surface area contributed by atoms with Crippen LogP contribution in [0.15, 0.2) is 48.5 Å². The van der Waals surface area contributed by atoms with Crippen molar-refractivity contribution in [2.45, 2.75) is 58.8 Å². The number of amides is 1. The lowest BCUT2D eigenvalue weighted by molar-refractivity contribution is -0.135. The number of carbonyl (C=O) groups is 3. The second-order valence-corrected chi connectivity index (χ2v) is 10.7. The summed E-state index contributed by atoms with van der Waals surface area (Å²) in [5.41, 5.74) is 4.32. The number of aliphatic carboxylic acids is 1. The molecule has 0 unspecified atom stereocenters. The summed E-state index contributed by atoms with van der Waals surface area (Å²) >= 11 is 0. The number of piperidine rings is 1. The van der Waals surface area contributed by atoms with E-state index in [-0.39, 0.29) is 17.2 Å². The molecule has 0 saturated carbocycles. The molecule has 4 rings (SSSR count). The van der Waals surface area contributed by atoms with Crippen molar-refractivity contribution in [3.8, 4) is 5.75 Å². The standard InChI is InChI=1S/C32H38N4O5/c1-3-4-9-27(37)26-8-6-5-7-24(26)18-22-10-12-25(13-11-22)36-16-14-23(15-17-36)19-28-34-21(2)31(40)30(35-28)32(41)33-20-29(38)39/h5-8,10-13,23,40H,3-4,9,14-20H2,1-2H3,(H,33,41)(H,38,39). The Morgan fingerprint density at radius 2 is 1.73 bits per heavy atom. The number of nitrogens with one attached hydrogen (secondary N) is 1. The number of hydrogen-bond donors (Lipinski definition) is 3. The molecule has 9 heteroatoms. The van der Waals surface area contributed by atoms with Crippen molar-refractivity contribution in [3.63, 3.8) is 0 Å². The van der Waals surface area contributed by atoms with Crippen LogP contribution in [0.4, 0.5) is 5.69 Å². The van der Waals surface area contributed by atoms with Gasteiger partial charge in [0.2, 0.25) is 0 Å². The van der Waals surface area contributed by atoms with Crippen LogP contribution in [0, 0.1) is 12.8 Å². The lowest BCUT2D eigenvalue weighted by atomic mass is 9.92. The van der Waals surface area contributed by atoms with Crippen molar-refractivity contribution in [2.75, 3.05) is 24.5 Å². The van der Waals surface area contributed by atoms with Crippen LogP contribution in [0.25, 0.3) is 0 Å². The van der Waals surface area contributed by atoms with Gasteiger partial charge in [-0.3, -0.25) is 14.4 Å². The fourth-order valence-corrected chi connectivity index (χ4v) is 5.23. The van der Waals surface area contributed by atoms with Gasteiger partial charge in [-0.2, -0.15) is 0 Å². The third-order valence-electron chi connectivity index (χ3n) is 7.58. The number of aryl methyl sites for hydroxylation is 1. The maximum absolute atomic E-state index is 12.7. The topological polar surface area (TPSA) is 133 Å². The van der Waals surface area contributed by atoms with Gasteiger partial charge >= 0.3 is 5.97 Å². The van der Waals surface area contributed by atoms with E-state index in [1.165, 1.54) is 5.56 Å². The second kappa shape index (κ2) is 13.9. The first-order valence-electron chi connectivity index (χ1n) is 14.3. The van der Waals surface area contributed by atoms with Gasteiger partial charge in [-0.25, -0.2) is 9.97 Å². The number of carboxylic acid groups (broad SMARTS) is 1. The van der Waals surface area contributed by atoms with Crippen LogP contribution in [0.1, 0.15) is 82.5 Å². The second-order valence-electron chi connectivity index (χ2n) is 10.7. The highest BCUT2D eigenvalue weighted by molar-refractivity contribution is 5.97. The van der Waals surface area contributed by atoms with E-state index in [0.717, 1.165) is 62.0 Å². The number of ketones is 1. The van der Waals surface area contributed by atoms with Crippen molar-refractivity contribution in [3.05, 3.63) is 82.4 Å². The molecule has 1 aromatic heterocycles. The van der Waals surface area contributed by atoms with Gasteiger partial charge in [0.25, 0.3) is 5.91 Å². The highest BCUT2D eigenvalue weighted by Crippen LogP contribution is 2.27. The highest BCUT2D eigenvalue weighted by atomic mass is 16.4. The summed E-state index contributed by atoms with van der Waals surface area (Å²) in [6.45, 7) is 4.90. The Hall–Kier alpha value is -4.27. The number of rotatable bonds is 12. The van der Waals surface area contributed by atoms with Crippen LogP contribution in [0.2, 0.25) is 0 Å². The summed E-state index contributed by atoms with van der Waals surface area (Å²) in [4.78, 5) is 46.8. The average molecular weight is 559 g/mol. The van der Waals surface area contributed by atoms with E-state index in [4.69, 9.17) is 5.11 Å². The fraction of sp³-hybridized carbons (Fsp3) is 0.406. The molecule has 0 bridgehead atoms. The monoisotopic (exact) mass is 558 g/mol. The van der Waals surface area contributed by atoms with E-state index in [1.807, 2.05) is 24.3 Å². The van der Waals surface area contributed by atoms with Crippen LogP contribution in [0.3, 0.4) is 0 Å². The molecule has 0 spiro atoms. The third kappa shape index (κ3) is 7.90. The molecule has 9 nitrogen and oxygen atoms in total. The molecule has 0 aliphatic carbocycles. The molecule has 2 heterocycles. The number of carboxylic acids is 1. The maximum Gasteiger partial charge on any atom is 0.322 e. The molecular formula is C32H38N4O5. The zero-order valence-corrected chi connectivity index (χ0v) is 23.7.